The lowest BCUT2D eigenvalue weighted by Gasteiger charge is -2.07. The van der Waals surface area contributed by atoms with Gasteiger partial charge in [0.2, 0.25) is 0 Å². The number of hydrogen-bond donors (Lipinski definition) is 1. The number of esters is 1. The first-order chi connectivity index (χ1) is 9.58. The Morgan fingerprint density at radius 1 is 1.45 bits per heavy atom. The van der Waals surface area contributed by atoms with E-state index >= 15 is 0 Å². The molecule has 0 atom stereocenters. The Kier molecular flexibility index (Phi) is 4.19. The normalized spacial score (nSPS) is 10.4. The van der Waals surface area contributed by atoms with Gasteiger partial charge in [-0.25, -0.2) is 9.18 Å². The Labute approximate surface area is 118 Å². The molecule has 8 heteroatoms. The molecule has 0 aliphatic carbocycles. The third-order valence-corrected chi connectivity index (χ3v) is 2.77. The van der Waals surface area contributed by atoms with Gasteiger partial charge in [-0.1, -0.05) is 11.6 Å². The quantitative estimate of drug-likeness (QED) is 0.877. The molecule has 0 aliphatic heterocycles. The summed E-state index contributed by atoms with van der Waals surface area (Å²) in [5.74, 6) is -1.38. The molecule has 0 aliphatic rings. The molecule has 1 aromatic heterocycles. The van der Waals surface area contributed by atoms with Crippen LogP contribution in [-0.2, 0) is 4.74 Å². The zero-order valence-corrected chi connectivity index (χ0v) is 11.5. The first kappa shape index (κ1) is 14.3. The highest BCUT2D eigenvalue weighted by atomic mass is 35.5. The number of H-pyrrole nitrogens is 1. The van der Waals surface area contributed by atoms with Gasteiger partial charge in [0.1, 0.15) is 5.69 Å². The van der Waals surface area contributed by atoms with Crippen LogP contribution >= 0.6 is 11.6 Å². The molecule has 0 fully saturated rings. The number of aromatic nitrogens is 3. The van der Waals surface area contributed by atoms with E-state index in [1.807, 2.05) is 0 Å². The van der Waals surface area contributed by atoms with Crippen LogP contribution in [0.1, 0.15) is 17.4 Å². The number of methoxy groups -OCH3 is 1. The van der Waals surface area contributed by atoms with Crippen LogP contribution in [0.2, 0.25) is 5.02 Å². The fourth-order valence-electron chi connectivity index (χ4n) is 1.67. The summed E-state index contributed by atoms with van der Waals surface area (Å²) in [7, 11) is 1.31. The predicted molar refractivity (Wildman–Crippen MR) is 69.3 cm³/mol. The molecule has 106 valence electrons. The van der Waals surface area contributed by atoms with Gasteiger partial charge in [-0.15, -0.1) is 5.10 Å². The zero-order chi connectivity index (χ0) is 14.7. The molecule has 2 rings (SSSR count). The van der Waals surface area contributed by atoms with E-state index in [9.17, 15) is 9.18 Å². The number of carbonyl (C=O) groups is 1. The smallest absolute Gasteiger partial charge is 0.361 e. The lowest BCUT2D eigenvalue weighted by atomic mass is 10.1. The van der Waals surface area contributed by atoms with Gasteiger partial charge >= 0.3 is 5.97 Å². The van der Waals surface area contributed by atoms with Gasteiger partial charge in [0.25, 0.3) is 0 Å². The molecule has 1 heterocycles. The number of halogens is 2. The SMILES string of the molecule is CCOC(=O)c1n[nH]nc1-c1cc(F)c(OC)c(Cl)c1. The number of ether oxygens (including phenoxy) is 2. The summed E-state index contributed by atoms with van der Waals surface area (Å²) in [4.78, 5) is 11.7. The van der Waals surface area contributed by atoms with Crippen LogP contribution in [0.15, 0.2) is 12.1 Å². The molecular weight excluding hydrogens is 289 g/mol. The lowest BCUT2D eigenvalue weighted by molar-refractivity contribution is 0.0520. The Morgan fingerprint density at radius 3 is 2.80 bits per heavy atom. The van der Waals surface area contributed by atoms with Crippen molar-refractivity contribution >= 4 is 17.6 Å². The van der Waals surface area contributed by atoms with Crippen molar-refractivity contribution in [2.45, 2.75) is 6.92 Å². The summed E-state index contributed by atoms with van der Waals surface area (Å²) < 4.78 is 23.5. The van der Waals surface area contributed by atoms with E-state index in [2.05, 4.69) is 15.4 Å². The summed E-state index contributed by atoms with van der Waals surface area (Å²) >= 11 is 5.91. The summed E-state index contributed by atoms with van der Waals surface area (Å²) in [6.07, 6.45) is 0. The minimum Gasteiger partial charge on any atom is -0.492 e. The number of nitrogens with zero attached hydrogens (tertiary/aromatic N) is 2. The standard InChI is InChI=1S/C12H11ClFN3O3/c1-3-20-12(18)10-9(15-17-16-10)6-4-7(13)11(19-2)8(14)5-6/h4-5H,3H2,1-2H3,(H,15,16,17). The van der Waals surface area contributed by atoms with E-state index in [0.717, 1.165) is 6.07 Å². The maximum absolute atomic E-state index is 13.8. The van der Waals surface area contributed by atoms with E-state index in [1.54, 1.807) is 6.92 Å². The van der Waals surface area contributed by atoms with Gasteiger partial charge in [0, 0.05) is 5.56 Å². The second-order valence-electron chi connectivity index (χ2n) is 3.71. The molecule has 1 aromatic carbocycles. The lowest BCUT2D eigenvalue weighted by Crippen LogP contribution is -2.07. The molecule has 0 saturated heterocycles. The van der Waals surface area contributed by atoms with Crippen LogP contribution in [0, 0.1) is 5.82 Å². The monoisotopic (exact) mass is 299 g/mol. The molecule has 2 aromatic rings. The molecule has 1 N–H and O–H groups in total. The Balaban J connectivity index is 2.48. The summed E-state index contributed by atoms with van der Waals surface area (Å²) in [5.41, 5.74) is 0.421. The molecule has 0 saturated carbocycles. The van der Waals surface area contributed by atoms with E-state index in [1.165, 1.54) is 13.2 Å². The van der Waals surface area contributed by atoms with Crippen molar-refractivity contribution < 1.29 is 18.7 Å². The highest BCUT2D eigenvalue weighted by Crippen LogP contribution is 2.33. The van der Waals surface area contributed by atoms with E-state index in [-0.39, 0.29) is 28.8 Å². The molecule has 0 spiro atoms. The minimum atomic E-state index is -0.659. The van der Waals surface area contributed by atoms with Gasteiger partial charge in [-0.2, -0.15) is 10.3 Å². The number of nitrogens with one attached hydrogen (secondary N) is 1. The molecule has 20 heavy (non-hydrogen) atoms. The maximum Gasteiger partial charge on any atom is 0.361 e. The number of rotatable bonds is 4. The summed E-state index contributed by atoms with van der Waals surface area (Å²) in [6.45, 7) is 1.87. The average Bonchev–Trinajstić information content (AvgIpc) is 2.87. The molecule has 0 radical (unpaired) electrons. The van der Waals surface area contributed by atoms with Gasteiger partial charge in [-0.05, 0) is 19.1 Å². The van der Waals surface area contributed by atoms with Crippen molar-refractivity contribution in [3.05, 3.63) is 28.7 Å². The van der Waals surface area contributed by atoms with Crippen molar-refractivity contribution in [3.8, 4) is 17.0 Å². The predicted octanol–water partition coefficient (Wildman–Crippen LogP) is 2.45. The first-order valence-corrected chi connectivity index (χ1v) is 6.07. The van der Waals surface area contributed by atoms with Gasteiger partial charge in [0.05, 0.1) is 18.7 Å². The van der Waals surface area contributed by atoms with Crippen molar-refractivity contribution in [1.82, 2.24) is 15.4 Å². The van der Waals surface area contributed by atoms with Crippen molar-refractivity contribution in [2.75, 3.05) is 13.7 Å². The van der Waals surface area contributed by atoms with Gasteiger partial charge in [0.15, 0.2) is 17.3 Å². The summed E-state index contributed by atoms with van der Waals surface area (Å²) in [6, 6.07) is 2.59. The Bertz CT molecular complexity index is 622. The number of aromatic amines is 1. The fraction of sp³-hybridized carbons (Fsp3) is 0.250. The van der Waals surface area contributed by atoms with Crippen LogP contribution in [0.25, 0.3) is 11.3 Å². The second kappa shape index (κ2) is 5.87. The van der Waals surface area contributed by atoms with Crippen molar-refractivity contribution in [2.24, 2.45) is 0 Å². The number of benzene rings is 1. The Hall–Kier alpha value is -2.15. The highest BCUT2D eigenvalue weighted by molar-refractivity contribution is 6.32. The highest BCUT2D eigenvalue weighted by Gasteiger charge is 2.21. The minimum absolute atomic E-state index is 0.0347. The fourth-order valence-corrected chi connectivity index (χ4v) is 1.95. The molecule has 0 bridgehead atoms. The summed E-state index contributed by atoms with van der Waals surface area (Å²) in [5, 5.41) is 9.91. The zero-order valence-electron chi connectivity index (χ0n) is 10.7. The maximum atomic E-state index is 13.8. The second-order valence-corrected chi connectivity index (χ2v) is 4.12. The van der Waals surface area contributed by atoms with Crippen LogP contribution in [0.3, 0.4) is 0 Å². The van der Waals surface area contributed by atoms with Gasteiger partial charge < -0.3 is 9.47 Å². The number of hydrogen-bond acceptors (Lipinski definition) is 5. The first-order valence-electron chi connectivity index (χ1n) is 5.69. The van der Waals surface area contributed by atoms with E-state index in [4.69, 9.17) is 21.1 Å². The van der Waals surface area contributed by atoms with Crippen molar-refractivity contribution in [3.63, 3.8) is 0 Å². The van der Waals surface area contributed by atoms with Crippen LogP contribution in [0.5, 0.6) is 5.75 Å². The number of carbonyl (C=O) groups excluding carboxylic acids is 1. The van der Waals surface area contributed by atoms with Crippen LogP contribution in [-0.4, -0.2) is 35.1 Å². The average molecular weight is 300 g/mol. The largest absolute Gasteiger partial charge is 0.492 e. The molecule has 6 nitrogen and oxygen atoms in total. The Morgan fingerprint density at radius 2 is 2.20 bits per heavy atom. The molecular formula is C12H11ClFN3O3. The van der Waals surface area contributed by atoms with Crippen LogP contribution < -0.4 is 4.74 Å². The van der Waals surface area contributed by atoms with E-state index < -0.39 is 11.8 Å². The topological polar surface area (TPSA) is 77.1 Å². The van der Waals surface area contributed by atoms with Gasteiger partial charge in [-0.3, -0.25) is 0 Å². The third-order valence-electron chi connectivity index (χ3n) is 2.49. The molecule has 0 unspecified atom stereocenters. The third kappa shape index (κ3) is 2.57. The van der Waals surface area contributed by atoms with E-state index in [0.29, 0.717) is 5.56 Å². The molecule has 0 amide bonds. The van der Waals surface area contributed by atoms with Crippen molar-refractivity contribution in [1.29, 1.82) is 0 Å². The van der Waals surface area contributed by atoms with Crippen LogP contribution in [0.4, 0.5) is 4.39 Å².